The number of aromatic nitrogens is 1. The Balaban J connectivity index is 2.22. The fourth-order valence-electron chi connectivity index (χ4n) is 1.37. The summed E-state index contributed by atoms with van der Waals surface area (Å²) in [4.78, 5) is 5.37. The van der Waals surface area contributed by atoms with E-state index in [0.717, 1.165) is 27.0 Å². The van der Waals surface area contributed by atoms with Gasteiger partial charge in [-0.05, 0) is 23.8 Å². The Bertz CT molecular complexity index is 496. The molecule has 0 aliphatic heterocycles. The lowest BCUT2D eigenvalue weighted by molar-refractivity contribution is 1.22. The molecule has 0 unspecified atom stereocenters. The second-order valence-corrected chi connectivity index (χ2v) is 5.25. The van der Waals surface area contributed by atoms with Crippen LogP contribution < -0.4 is 5.32 Å². The van der Waals surface area contributed by atoms with Crippen LogP contribution in [0.4, 0.5) is 5.13 Å². The van der Waals surface area contributed by atoms with Crippen LogP contribution in [0.5, 0.6) is 0 Å². The van der Waals surface area contributed by atoms with E-state index in [1.165, 1.54) is 0 Å². The molecule has 0 aliphatic rings. The highest BCUT2D eigenvalue weighted by Crippen LogP contribution is 2.26. The molecule has 0 saturated carbocycles. The SMILES string of the molecule is CNc1ncc(Cc2cc(Cl)ccc2Cl)s1. The van der Waals surface area contributed by atoms with E-state index in [2.05, 4.69) is 10.3 Å². The Morgan fingerprint density at radius 1 is 1.38 bits per heavy atom. The van der Waals surface area contributed by atoms with Gasteiger partial charge in [0.2, 0.25) is 0 Å². The van der Waals surface area contributed by atoms with E-state index in [9.17, 15) is 0 Å². The number of rotatable bonds is 3. The minimum Gasteiger partial charge on any atom is -0.365 e. The van der Waals surface area contributed by atoms with Gasteiger partial charge in [-0.2, -0.15) is 0 Å². The number of hydrogen-bond donors (Lipinski definition) is 1. The average Bonchev–Trinajstić information content (AvgIpc) is 2.71. The van der Waals surface area contributed by atoms with Crippen LogP contribution in [0.15, 0.2) is 24.4 Å². The summed E-state index contributed by atoms with van der Waals surface area (Å²) in [6, 6.07) is 5.50. The van der Waals surface area contributed by atoms with E-state index in [1.54, 1.807) is 17.4 Å². The fraction of sp³-hybridized carbons (Fsp3) is 0.182. The third-order valence-electron chi connectivity index (χ3n) is 2.14. The van der Waals surface area contributed by atoms with Gasteiger partial charge >= 0.3 is 0 Å². The molecule has 0 amide bonds. The molecule has 1 aromatic heterocycles. The van der Waals surface area contributed by atoms with Gasteiger partial charge in [-0.3, -0.25) is 0 Å². The number of halogens is 2. The summed E-state index contributed by atoms with van der Waals surface area (Å²) in [5, 5.41) is 5.36. The molecule has 2 aromatic rings. The van der Waals surface area contributed by atoms with Crippen molar-refractivity contribution in [2.75, 3.05) is 12.4 Å². The van der Waals surface area contributed by atoms with E-state index >= 15 is 0 Å². The van der Waals surface area contributed by atoms with Crippen LogP contribution in [-0.2, 0) is 6.42 Å². The highest BCUT2D eigenvalue weighted by Gasteiger charge is 2.06. The summed E-state index contributed by atoms with van der Waals surface area (Å²) in [5.74, 6) is 0. The van der Waals surface area contributed by atoms with Gasteiger partial charge in [-0.25, -0.2) is 4.98 Å². The summed E-state index contributed by atoms with van der Waals surface area (Å²) in [6.45, 7) is 0. The number of benzene rings is 1. The van der Waals surface area contributed by atoms with Crippen LogP contribution in [0.3, 0.4) is 0 Å². The van der Waals surface area contributed by atoms with Crippen molar-refractivity contribution in [1.29, 1.82) is 0 Å². The first-order valence-corrected chi connectivity index (χ1v) is 6.32. The predicted octanol–water partition coefficient (Wildman–Crippen LogP) is 4.08. The van der Waals surface area contributed by atoms with E-state index in [4.69, 9.17) is 23.2 Å². The number of thiazole rings is 1. The zero-order valence-corrected chi connectivity index (χ0v) is 11.0. The first-order chi connectivity index (χ1) is 7.69. The highest BCUT2D eigenvalue weighted by atomic mass is 35.5. The topological polar surface area (TPSA) is 24.9 Å². The van der Waals surface area contributed by atoms with Crippen LogP contribution >= 0.6 is 34.5 Å². The molecule has 0 radical (unpaired) electrons. The van der Waals surface area contributed by atoms with Crippen LogP contribution in [0, 0.1) is 0 Å². The second-order valence-electron chi connectivity index (χ2n) is 3.29. The van der Waals surface area contributed by atoms with Gasteiger partial charge in [0, 0.05) is 34.6 Å². The maximum absolute atomic E-state index is 6.10. The van der Waals surface area contributed by atoms with E-state index in [1.807, 2.05) is 25.4 Å². The molecule has 1 heterocycles. The van der Waals surface area contributed by atoms with Gasteiger partial charge in [-0.1, -0.05) is 23.2 Å². The van der Waals surface area contributed by atoms with Gasteiger partial charge in [0.05, 0.1) is 0 Å². The van der Waals surface area contributed by atoms with Crippen molar-refractivity contribution in [2.24, 2.45) is 0 Å². The molecule has 0 saturated heterocycles. The Hall–Kier alpha value is -0.770. The molecule has 0 bridgehead atoms. The van der Waals surface area contributed by atoms with Gasteiger partial charge in [0.1, 0.15) is 0 Å². The molecule has 2 rings (SSSR count). The monoisotopic (exact) mass is 272 g/mol. The van der Waals surface area contributed by atoms with Gasteiger partial charge in [0.15, 0.2) is 5.13 Å². The molecule has 0 fully saturated rings. The van der Waals surface area contributed by atoms with Crippen molar-refractivity contribution < 1.29 is 0 Å². The quantitative estimate of drug-likeness (QED) is 0.911. The summed E-state index contributed by atoms with van der Waals surface area (Å²) in [5.41, 5.74) is 1.03. The largest absolute Gasteiger partial charge is 0.365 e. The zero-order valence-electron chi connectivity index (χ0n) is 8.63. The summed E-state index contributed by atoms with van der Waals surface area (Å²) >= 11 is 13.6. The molecule has 1 N–H and O–H groups in total. The van der Waals surface area contributed by atoms with E-state index in [-0.39, 0.29) is 0 Å². The third-order valence-corrected chi connectivity index (χ3v) is 3.76. The molecular formula is C11H10Cl2N2S. The van der Waals surface area contributed by atoms with E-state index in [0.29, 0.717) is 5.02 Å². The van der Waals surface area contributed by atoms with E-state index < -0.39 is 0 Å². The minimum absolute atomic E-state index is 0.706. The first kappa shape index (κ1) is 11.7. The van der Waals surface area contributed by atoms with Crippen LogP contribution in [-0.4, -0.2) is 12.0 Å². The first-order valence-electron chi connectivity index (χ1n) is 4.75. The molecule has 2 nitrogen and oxygen atoms in total. The summed E-state index contributed by atoms with van der Waals surface area (Å²) in [7, 11) is 1.86. The van der Waals surface area contributed by atoms with Crippen molar-refractivity contribution in [2.45, 2.75) is 6.42 Å². The van der Waals surface area contributed by atoms with Crippen molar-refractivity contribution in [3.63, 3.8) is 0 Å². The van der Waals surface area contributed by atoms with Crippen LogP contribution in [0.2, 0.25) is 10.0 Å². The molecule has 5 heteroatoms. The molecule has 0 atom stereocenters. The predicted molar refractivity (Wildman–Crippen MR) is 70.9 cm³/mol. The Morgan fingerprint density at radius 3 is 2.88 bits per heavy atom. The van der Waals surface area contributed by atoms with Crippen molar-refractivity contribution >= 4 is 39.7 Å². The van der Waals surface area contributed by atoms with Crippen LogP contribution in [0.1, 0.15) is 10.4 Å². The lowest BCUT2D eigenvalue weighted by Gasteiger charge is -2.02. The maximum Gasteiger partial charge on any atom is 0.182 e. The minimum atomic E-state index is 0.706. The molecule has 0 spiro atoms. The number of nitrogens with one attached hydrogen (secondary N) is 1. The average molecular weight is 273 g/mol. The maximum atomic E-state index is 6.10. The molecule has 0 aliphatic carbocycles. The third kappa shape index (κ3) is 2.67. The second kappa shape index (κ2) is 5.04. The highest BCUT2D eigenvalue weighted by molar-refractivity contribution is 7.15. The van der Waals surface area contributed by atoms with Crippen molar-refractivity contribution in [3.05, 3.63) is 44.9 Å². The van der Waals surface area contributed by atoms with Gasteiger partial charge < -0.3 is 5.32 Å². The normalized spacial score (nSPS) is 10.4. The smallest absolute Gasteiger partial charge is 0.182 e. The van der Waals surface area contributed by atoms with Gasteiger partial charge in [0.25, 0.3) is 0 Å². The number of nitrogens with zero attached hydrogens (tertiary/aromatic N) is 1. The molecule has 84 valence electrons. The fourth-order valence-corrected chi connectivity index (χ4v) is 2.54. The summed E-state index contributed by atoms with van der Waals surface area (Å²) < 4.78 is 0. The standard InChI is InChI=1S/C11H10Cl2N2S/c1-14-11-15-6-9(16-11)5-7-4-8(12)2-3-10(7)13/h2-4,6H,5H2,1H3,(H,14,15). The molecule has 1 aromatic carbocycles. The van der Waals surface area contributed by atoms with Crippen molar-refractivity contribution in [1.82, 2.24) is 4.98 Å². The molecule has 16 heavy (non-hydrogen) atoms. The lowest BCUT2D eigenvalue weighted by Crippen LogP contribution is -1.86. The van der Waals surface area contributed by atoms with Crippen molar-refractivity contribution in [3.8, 4) is 0 Å². The van der Waals surface area contributed by atoms with Crippen LogP contribution in [0.25, 0.3) is 0 Å². The van der Waals surface area contributed by atoms with Gasteiger partial charge in [-0.15, -0.1) is 11.3 Å². The Morgan fingerprint density at radius 2 is 2.19 bits per heavy atom. The summed E-state index contributed by atoms with van der Waals surface area (Å²) in [6.07, 6.45) is 2.62. The zero-order chi connectivity index (χ0) is 11.5. The number of anilines is 1. The Kier molecular flexibility index (Phi) is 3.69. The molecular weight excluding hydrogens is 263 g/mol. The Labute approximate surface area is 108 Å². The number of hydrogen-bond acceptors (Lipinski definition) is 3. The lowest BCUT2D eigenvalue weighted by atomic mass is 10.1.